The molecular weight excluding hydrogens is 433 g/mol. The second-order valence-electron chi connectivity index (χ2n) is 6.51. The molecule has 144 valence electrons. The van der Waals surface area contributed by atoms with Crippen LogP contribution in [0.5, 0.6) is 5.75 Å². The van der Waals surface area contributed by atoms with Gasteiger partial charge in [-0.15, -0.1) is 0 Å². The predicted molar refractivity (Wildman–Crippen MR) is 117 cm³/mol. The summed E-state index contributed by atoms with van der Waals surface area (Å²) < 4.78 is 19.5. The summed E-state index contributed by atoms with van der Waals surface area (Å²) in [5.41, 5.74) is 3.69. The minimum Gasteiger partial charge on any atom is -0.496 e. The Labute approximate surface area is 176 Å². The normalized spacial score (nSPS) is 15.0. The Morgan fingerprint density at radius 1 is 1.00 bits per heavy atom. The van der Waals surface area contributed by atoms with Crippen LogP contribution in [0.4, 0.5) is 10.1 Å². The van der Waals surface area contributed by atoms with E-state index in [1.807, 2.05) is 60.7 Å². The van der Waals surface area contributed by atoms with E-state index in [-0.39, 0.29) is 11.7 Å². The number of methoxy groups -OCH3 is 1. The smallest absolute Gasteiger partial charge is 0.262 e. The molecule has 1 aliphatic rings. The van der Waals surface area contributed by atoms with Gasteiger partial charge in [-0.2, -0.15) is 0 Å². The lowest BCUT2D eigenvalue weighted by molar-refractivity contribution is -0.113. The molecule has 0 spiro atoms. The molecule has 3 nitrogen and oxygen atoms in total. The first-order valence-corrected chi connectivity index (χ1v) is 9.78. The highest BCUT2D eigenvalue weighted by atomic mass is 79.9. The van der Waals surface area contributed by atoms with Crippen LogP contribution in [0.15, 0.2) is 88.9 Å². The Hall–Kier alpha value is -3.18. The van der Waals surface area contributed by atoms with Gasteiger partial charge in [0.05, 0.1) is 17.3 Å². The molecule has 1 aliphatic heterocycles. The predicted octanol–water partition coefficient (Wildman–Crippen LogP) is 6.07. The maximum atomic E-state index is 13.4. The molecule has 0 fully saturated rings. The number of ether oxygens (including phenoxy) is 1. The zero-order valence-electron chi connectivity index (χ0n) is 15.6. The SMILES string of the molecule is COc1ccc(/C=C2/C=C(c3ccccc3)N(c3ccc(F)cc3)C2=O)cc1Br. The lowest BCUT2D eigenvalue weighted by Crippen LogP contribution is -2.24. The summed E-state index contributed by atoms with van der Waals surface area (Å²) in [6.07, 6.45) is 3.69. The number of rotatable bonds is 4. The van der Waals surface area contributed by atoms with E-state index in [1.165, 1.54) is 12.1 Å². The zero-order valence-corrected chi connectivity index (χ0v) is 17.2. The summed E-state index contributed by atoms with van der Waals surface area (Å²) in [6, 6.07) is 21.2. The van der Waals surface area contributed by atoms with Gasteiger partial charge in [0.2, 0.25) is 0 Å². The van der Waals surface area contributed by atoms with Crippen molar-refractivity contribution in [1.29, 1.82) is 0 Å². The summed E-state index contributed by atoms with van der Waals surface area (Å²) in [4.78, 5) is 14.9. The Kier molecular flexibility index (Phi) is 5.32. The molecule has 3 aromatic rings. The molecule has 0 N–H and O–H groups in total. The zero-order chi connectivity index (χ0) is 20.4. The minimum absolute atomic E-state index is 0.164. The van der Waals surface area contributed by atoms with Crippen LogP contribution in [-0.4, -0.2) is 13.0 Å². The average molecular weight is 450 g/mol. The number of carbonyl (C=O) groups is 1. The summed E-state index contributed by atoms with van der Waals surface area (Å²) in [6.45, 7) is 0. The van der Waals surface area contributed by atoms with Gasteiger partial charge in [0.25, 0.3) is 5.91 Å². The van der Waals surface area contributed by atoms with Crippen LogP contribution in [0.25, 0.3) is 11.8 Å². The number of anilines is 1. The molecular formula is C24H17BrFNO2. The van der Waals surface area contributed by atoms with Gasteiger partial charge in [-0.25, -0.2) is 4.39 Å². The molecule has 1 heterocycles. The molecule has 29 heavy (non-hydrogen) atoms. The van der Waals surface area contributed by atoms with Gasteiger partial charge < -0.3 is 4.74 Å². The van der Waals surface area contributed by atoms with Crippen molar-refractivity contribution in [1.82, 2.24) is 0 Å². The molecule has 4 rings (SSSR count). The first kappa shape index (κ1) is 19.2. The monoisotopic (exact) mass is 449 g/mol. The summed E-state index contributed by atoms with van der Waals surface area (Å²) >= 11 is 3.48. The lowest BCUT2D eigenvalue weighted by Gasteiger charge is -2.20. The first-order chi connectivity index (χ1) is 14.1. The van der Waals surface area contributed by atoms with Crippen LogP contribution in [0.1, 0.15) is 11.1 Å². The van der Waals surface area contributed by atoms with E-state index in [2.05, 4.69) is 15.9 Å². The number of carbonyl (C=O) groups excluding carboxylic acids is 1. The Morgan fingerprint density at radius 3 is 2.38 bits per heavy atom. The molecule has 0 aliphatic carbocycles. The van der Waals surface area contributed by atoms with Crippen molar-refractivity contribution < 1.29 is 13.9 Å². The average Bonchev–Trinajstić information content (AvgIpc) is 3.06. The van der Waals surface area contributed by atoms with Crippen molar-refractivity contribution in [3.05, 3.63) is 106 Å². The van der Waals surface area contributed by atoms with Gasteiger partial charge in [-0.05, 0) is 75.6 Å². The molecule has 0 aromatic heterocycles. The van der Waals surface area contributed by atoms with Gasteiger partial charge in [-0.3, -0.25) is 9.69 Å². The molecule has 0 radical (unpaired) electrons. The topological polar surface area (TPSA) is 29.5 Å². The second-order valence-corrected chi connectivity index (χ2v) is 7.36. The number of nitrogens with zero attached hydrogens (tertiary/aromatic N) is 1. The number of hydrogen-bond acceptors (Lipinski definition) is 2. The quantitative estimate of drug-likeness (QED) is 0.452. The van der Waals surface area contributed by atoms with E-state index >= 15 is 0 Å². The molecule has 0 atom stereocenters. The van der Waals surface area contributed by atoms with E-state index in [0.717, 1.165) is 27.0 Å². The van der Waals surface area contributed by atoms with Crippen molar-refractivity contribution in [3.8, 4) is 5.75 Å². The lowest BCUT2D eigenvalue weighted by atomic mass is 10.1. The maximum absolute atomic E-state index is 13.4. The number of hydrogen-bond donors (Lipinski definition) is 0. The standard InChI is InChI=1S/C24H17BrFNO2/c1-29-23-12-7-16(14-21(23)25)13-18-15-22(17-5-3-2-4-6-17)27(24(18)28)20-10-8-19(26)9-11-20/h2-15H,1H3/b18-13-. The third-order valence-electron chi connectivity index (χ3n) is 4.64. The largest absolute Gasteiger partial charge is 0.496 e. The van der Waals surface area contributed by atoms with Crippen LogP contribution in [0.3, 0.4) is 0 Å². The Balaban J connectivity index is 1.79. The van der Waals surface area contributed by atoms with Crippen molar-refractivity contribution in [3.63, 3.8) is 0 Å². The van der Waals surface area contributed by atoms with Crippen LogP contribution < -0.4 is 9.64 Å². The fraction of sp³-hybridized carbons (Fsp3) is 0.0417. The van der Waals surface area contributed by atoms with E-state index < -0.39 is 0 Å². The van der Waals surface area contributed by atoms with Gasteiger partial charge >= 0.3 is 0 Å². The summed E-state index contributed by atoms with van der Waals surface area (Å²) in [5, 5.41) is 0. The highest BCUT2D eigenvalue weighted by molar-refractivity contribution is 9.10. The molecule has 3 aromatic carbocycles. The van der Waals surface area contributed by atoms with Crippen LogP contribution in [0, 0.1) is 5.82 Å². The number of halogens is 2. The fourth-order valence-corrected chi connectivity index (χ4v) is 3.79. The first-order valence-electron chi connectivity index (χ1n) is 8.99. The highest BCUT2D eigenvalue weighted by Crippen LogP contribution is 2.35. The third-order valence-corrected chi connectivity index (χ3v) is 5.26. The van der Waals surface area contributed by atoms with Crippen LogP contribution >= 0.6 is 15.9 Å². The van der Waals surface area contributed by atoms with Gasteiger partial charge in [0.15, 0.2) is 0 Å². The van der Waals surface area contributed by atoms with E-state index in [9.17, 15) is 9.18 Å². The van der Waals surface area contributed by atoms with Crippen molar-refractivity contribution in [2.45, 2.75) is 0 Å². The fourth-order valence-electron chi connectivity index (χ4n) is 3.24. The third kappa shape index (κ3) is 3.87. The molecule has 0 saturated heterocycles. The maximum Gasteiger partial charge on any atom is 0.262 e. The van der Waals surface area contributed by atoms with Gasteiger partial charge in [0, 0.05) is 11.3 Å². The van der Waals surface area contributed by atoms with Gasteiger partial charge in [0.1, 0.15) is 11.6 Å². The van der Waals surface area contributed by atoms with Crippen LogP contribution in [-0.2, 0) is 4.79 Å². The molecule has 1 amide bonds. The molecule has 0 saturated carbocycles. The Bertz CT molecular complexity index is 1120. The summed E-state index contributed by atoms with van der Waals surface area (Å²) in [5.74, 6) is 0.213. The van der Waals surface area contributed by atoms with Crippen LogP contribution in [0.2, 0.25) is 0 Å². The number of amides is 1. The summed E-state index contributed by atoms with van der Waals surface area (Å²) in [7, 11) is 1.61. The molecule has 5 heteroatoms. The van der Waals surface area contributed by atoms with E-state index in [1.54, 1.807) is 24.1 Å². The van der Waals surface area contributed by atoms with Crippen molar-refractivity contribution in [2.75, 3.05) is 12.0 Å². The highest BCUT2D eigenvalue weighted by Gasteiger charge is 2.30. The minimum atomic E-state index is -0.343. The second kappa shape index (κ2) is 8.05. The van der Waals surface area contributed by atoms with Gasteiger partial charge in [-0.1, -0.05) is 36.4 Å². The molecule has 0 bridgehead atoms. The van der Waals surface area contributed by atoms with Crippen molar-refractivity contribution in [2.24, 2.45) is 0 Å². The van der Waals surface area contributed by atoms with E-state index in [4.69, 9.17) is 4.74 Å². The number of benzene rings is 3. The van der Waals surface area contributed by atoms with E-state index in [0.29, 0.717) is 11.3 Å². The van der Waals surface area contributed by atoms with Crippen molar-refractivity contribution >= 4 is 39.3 Å². The Morgan fingerprint density at radius 2 is 1.72 bits per heavy atom. The molecule has 0 unspecified atom stereocenters.